The van der Waals surface area contributed by atoms with Crippen LogP contribution in [0.4, 0.5) is 0 Å². The second-order valence-corrected chi connectivity index (χ2v) is 7.05. The molecule has 1 aromatic carbocycles. The van der Waals surface area contributed by atoms with E-state index in [4.69, 9.17) is 4.74 Å². The lowest BCUT2D eigenvalue weighted by Gasteiger charge is -2.32. The van der Waals surface area contributed by atoms with E-state index in [1.165, 1.54) is 4.68 Å². The van der Waals surface area contributed by atoms with Crippen molar-refractivity contribution in [2.45, 2.75) is 39.6 Å². The summed E-state index contributed by atoms with van der Waals surface area (Å²) in [7, 11) is 1.61. The smallest absolute Gasteiger partial charge is 0.275 e. The second kappa shape index (κ2) is 7.16. The van der Waals surface area contributed by atoms with Crippen LogP contribution >= 0.6 is 0 Å². The highest BCUT2D eigenvalue weighted by molar-refractivity contribution is 5.83. The molecule has 0 unspecified atom stereocenters. The van der Waals surface area contributed by atoms with Crippen molar-refractivity contribution in [2.75, 3.05) is 13.7 Å². The Morgan fingerprint density at radius 1 is 1.25 bits per heavy atom. The number of rotatable bonds is 4. The fraction of sp³-hybridized carbons (Fsp3) is 0.421. The molecular weight excluding hydrogens is 360 g/mol. The molecule has 3 aromatic rings. The van der Waals surface area contributed by atoms with Crippen molar-refractivity contribution in [1.82, 2.24) is 29.4 Å². The molecule has 0 radical (unpaired) electrons. The van der Waals surface area contributed by atoms with Crippen LogP contribution in [0.5, 0.6) is 0 Å². The molecule has 2 aromatic heterocycles. The number of aryl methyl sites for hydroxylation is 1. The molecule has 4 rings (SSSR count). The van der Waals surface area contributed by atoms with Gasteiger partial charge in [0.2, 0.25) is 5.91 Å². The molecule has 28 heavy (non-hydrogen) atoms. The number of carbonyl (C=O) groups excluding carboxylic acids is 1. The molecule has 146 valence electrons. The SMILES string of the molecule is COCc1nnc2n1[C@@H](C)CN(C(=O)Cn1nc(C)c3ccccc3c1=O)C2. The number of amides is 1. The standard InChI is InChI=1S/C19H22N6O3/c1-12-8-23(9-16-20-21-17(11-28-3)25(12)16)18(26)10-24-19(27)15-7-5-4-6-14(15)13(2)22-24/h4-7,12H,8-11H2,1-3H3/t12-/m0/s1. The quantitative estimate of drug-likeness (QED) is 0.669. The molecule has 1 atom stereocenters. The van der Waals surface area contributed by atoms with E-state index in [9.17, 15) is 9.59 Å². The summed E-state index contributed by atoms with van der Waals surface area (Å²) in [5.74, 6) is 1.30. The summed E-state index contributed by atoms with van der Waals surface area (Å²) in [5.41, 5.74) is 0.462. The Balaban J connectivity index is 1.59. The van der Waals surface area contributed by atoms with Crippen LogP contribution in [-0.4, -0.2) is 49.0 Å². The maximum atomic E-state index is 12.9. The Morgan fingerprint density at radius 2 is 2.00 bits per heavy atom. The third kappa shape index (κ3) is 3.07. The van der Waals surface area contributed by atoms with Gasteiger partial charge in [0.1, 0.15) is 13.2 Å². The Hall–Kier alpha value is -3.07. The highest BCUT2D eigenvalue weighted by atomic mass is 16.5. The van der Waals surface area contributed by atoms with Crippen LogP contribution in [0, 0.1) is 6.92 Å². The monoisotopic (exact) mass is 382 g/mol. The second-order valence-electron chi connectivity index (χ2n) is 7.05. The van der Waals surface area contributed by atoms with Crippen LogP contribution in [0.2, 0.25) is 0 Å². The number of aromatic nitrogens is 5. The van der Waals surface area contributed by atoms with Crippen molar-refractivity contribution in [1.29, 1.82) is 0 Å². The summed E-state index contributed by atoms with van der Waals surface area (Å²) < 4.78 is 8.43. The van der Waals surface area contributed by atoms with Gasteiger partial charge in [-0.3, -0.25) is 9.59 Å². The van der Waals surface area contributed by atoms with E-state index in [0.29, 0.717) is 30.9 Å². The molecule has 0 saturated carbocycles. The highest BCUT2D eigenvalue weighted by Gasteiger charge is 2.29. The zero-order valence-electron chi connectivity index (χ0n) is 16.1. The van der Waals surface area contributed by atoms with Gasteiger partial charge in [0, 0.05) is 19.0 Å². The van der Waals surface area contributed by atoms with Gasteiger partial charge in [-0.25, -0.2) is 4.68 Å². The number of carbonyl (C=O) groups is 1. The molecule has 0 saturated heterocycles. The number of benzene rings is 1. The lowest BCUT2D eigenvalue weighted by Crippen LogP contribution is -2.43. The van der Waals surface area contributed by atoms with Gasteiger partial charge in [0.25, 0.3) is 5.56 Å². The van der Waals surface area contributed by atoms with Crippen molar-refractivity contribution < 1.29 is 9.53 Å². The molecule has 9 heteroatoms. The summed E-state index contributed by atoms with van der Waals surface area (Å²) in [6.07, 6.45) is 0. The Labute approximate surface area is 161 Å². The topological polar surface area (TPSA) is 95.1 Å². The van der Waals surface area contributed by atoms with Crippen molar-refractivity contribution in [3.63, 3.8) is 0 Å². The fourth-order valence-electron chi connectivity index (χ4n) is 3.77. The number of hydrogen-bond donors (Lipinski definition) is 0. The molecule has 1 amide bonds. The fourth-order valence-corrected chi connectivity index (χ4v) is 3.77. The Bertz CT molecular complexity index is 1100. The van der Waals surface area contributed by atoms with E-state index in [-0.39, 0.29) is 24.1 Å². The predicted molar refractivity (Wildman–Crippen MR) is 102 cm³/mol. The van der Waals surface area contributed by atoms with E-state index in [1.54, 1.807) is 18.1 Å². The zero-order valence-corrected chi connectivity index (χ0v) is 16.1. The highest BCUT2D eigenvalue weighted by Crippen LogP contribution is 2.22. The first-order valence-electron chi connectivity index (χ1n) is 9.15. The van der Waals surface area contributed by atoms with E-state index in [2.05, 4.69) is 15.3 Å². The van der Waals surface area contributed by atoms with Crippen LogP contribution in [0.15, 0.2) is 29.1 Å². The third-order valence-electron chi connectivity index (χ3n) is 5.06. The number of hydrogen-bond acceptors (Lipinski definition) is 6. The van der Waals surface area contributed by atoms with Crippen molar-refractivity contribution in [3.05, 3.63) is 52.0 Å². The molecule has 1 aliphatic rings. The van der Waals surface area contributed by atoms with Crippen molar-refractivity contribution in [2.24, 2.45) is 0 Å². The van der Waals surface area contributed by atoms with Crippen molar-refractivity contribution >= 4 is 16.7 Å². The molecule has 1 aliphatic heterocycles. The van der Waals surface area contributed by atoms with Gasteiger partial charge in [-0.2, -0.15) is 5.10 Å². The maximum Gasteiger partial charge on any atom is 0.275 e. The largest absolute Gasteiger partial charge is 0.377 e. The van der Waals surface area contributed by atoms with Crippen LogP contribution in [0.1, 0.15) is 30.3 Å². The Kier molecular flexibility index (Phi) is 4.68. The maximum absolute atomic E-state index is 12.9. The van der Waals surface area contributed by atoms with Crippen LogP contribution < -0.4 is 5.56 Å². The molecule has 3 heterocycles. The van der Waals surface area contributed by atoms with Gasteiger partial charge in [-0.05, 0) is 19.9 Å². The first-order valence-corrected chi connectivity index (χ1v) is 9.15. The molecular formula is C19H22N6O3. The molecule has 0 N–H and O–H groups in total. The summed E-state index contributed by atoms with van der Waals surface area (Å²) in [5, 5.41) is 14.1. The molecule has 0 fully saturated rings. The molecule has 0 bridgehead atoms. The van der Waals surface area contributed by atoms with Gasteiger partial charge in [0.05, 0.1) is 23.7 Å². The van der Waals surface area contributed by atoms with Crippen molar-refractivity contribution in [3.8, 4) is 0 Å². The normalized spacial score (nSPS) is 16.4. The minimum atomic E-state index is -0.259. The van der Waals surface area contributed by atoms with Crippen LogP contribution in [0.25, 0.3) is 10.8 Å². The first-order chi connectivity index (χ1) is 13.5. The van der Waals surface area contributed by atoms with E-state index >= 15 is 0 Å². The van der Waals surface area contributed by atoms with Gasteiger partial charge >= 0.3 is 0 Å². The van der Waals surface area contributed by atoms with Gasteiger partial charge in [-0.15, -0.1) is 10.2 Å². The lowest BCUT2D eigenvalue weighted by atomic mass is 10.1. The Morgan fingerprint density at radius 3 is 2.75 bits per heavy atom. The predicted octanol–water partition coefficient (Wildman–Crippen LogP) is 1.05. The first kappa shape index (κ1) is 18.3. The summed E-state index contributed by atoms with van der Waals surface area (Å²) in [4.78, 5) is 27.3. The minimum Gasteiger partial charge on any atom is -0.377 e. The van der Waals surface area contributed by atoms with E-state index in [1.807, 2.05) is 36.6 Å². The average Bonchev–Trinajstić information content (AvgIpc) is 3.09. The van der Waals surface area contributed by atoms with Crippen LogP contribution in [-0.2, 0) is 29.2 Å². The lowest BCUT2D eigenvalue weighted by molar-refractivity contribution is -0.134. The molecule has 0 spiro atoms. The zero-order chi connectivity index (χ0) is 19.8. The van der Waals surface area contributed by atoms with Gasteiger partial charge < -0.3 is 14.2 Å². The van der Waals surface area contributed by atoms with E-state index in [0.717, 1.165) is 16.9 Å². The van der Waals surface area contributed by atoms with Gasteiger partial charge in [-0.1, -0.05) is 18.2 Å². The molecule has 9 nitrogen and oxygen atoms in total. The number of ether oxygens (including phenoxy) is 1. The number of fused-ring (bicyclic) bond motifs is 2. The van der Waals surface area contributed by atoms with Crippen LogP contribution in [0.3, 0.4) is 0 Å². The number of methoxy groups -OCH3 is 1. The van der Waals surface area contributed by atoms with Gasteiger partial charge in [0.15, 0.2) is 11.6 Å². The summed E-state index contributed by atoms with van der Waals surface area (Å²) in [6, 6.07) is 7.33. The third-order valence-corrected chi connectivity index (χ3v) is 5.06. The summed E-state index contributed by atoms with van der Waals surface area (Å²) >= 11 is 0. The van der Waals surface area contributed by atoms with E-state index < -0.39 is 0 Å². The average molecular weight is 382 g/mol. The molecule has 0 aliphatic carbocycles. The minimum absolute atomic E-state index is 0.0240. The summed E-state index contributed by atoms with van der Waals surface area (Å²) in [6.45, 7) is 4.99. The number of nitrogens with zero attached hydrogens (tertiary/aromatic N) is 6.